The molecule has 130 valence electrons. The highest BCUT2D eigenvalue weighted by molar-refractivity contribution is 7.21. The largest absolute Gasteiger partial charge is 0.467 e. The molecule has 0 aliphatic heterocycles. The zero-order valence-corrected chi connectivity index (χ0v) is 14.6. The molecule has 1 aromatic carbocycles. The quantitative estimate of drug-likeness (QED) is 0.674. The summed E-state index contributed by atoms with van der Waals surface area (Å²) in [5.41, 5.74) is 0. The highest BCUT2D eigenvalue weighted by atomic mass is 35.5. The standard InChI is InChI=1S/C17H13ClFNO4S/c1-9(16(21)20-8-11-3-2-6-23-11)24-17(22)15-14(18)12-5-4-10(19)7-13(12)25-15/h2-7,9H,8H2,1H3,(H,20,21)/t9-/m0/s1. The third-order valence-corrected chi connectivity index (χ3v) is 5.08. The summed E-state index contributed by atoms with van der Waals surface area (Å²) >= 11 is 7.19. The molecule has 3 rings (SSSR count). The fraction of sp³-hybridized carbons (Fsp3) is 0.176. The maximum absolute atomic E-state index is 13.3. The summed E-state index contributed by atoms with van der Waals surface area (Å²) in [6, 6.07) is 7.48. The zero-order valence-electron chi connectivity index (χ0n) is 13.0. The van der Waals surface area contributed by atoms with Gasteiger partial charge in [0.05, 0.1) is 17.8 Å². The van der Waals surface area contributed by atoms with Gasteiger partial charge in [-0.2, -0.15) is 0 Å². The van der Waals surface area contributed by atoms with E-state index in [0.29, 0.717) is 15.8 Å². The summed E-state index contributed by atoms with van der Waals surface area (Å²) in [5, 5.41) is 3.35. The lowest BCUT2D eigenvalue weighted by Crippen LogP contribution is -2.35. The molecule has 0 spiro atoms. The Labute approximate surface area is 151 Å². The third kappa shape index (κ3) is 3.83. The maximum atomic E-state index is 13.3. The molecule has 0 unspecified atom stereocenters. The number of thiophene rings is 1. The van der Waals surface area contributed by atoms with Crippen LogP contribution >= 0.6 is 22.9 Å². The van der Waals surface area contributed by atoms with Crippen LogP contribution < -0.4 is 5.32 Å². The molecule has 2 heterocycles. The summed E-state index contributed by atoms with van der Waals surface area (Å²) in [4.78, 5) is 24.4. The van der Waals surface area contributed by atoms with E-state index in [1.165, 1.54) is 31.4 Å². The van der Waals surface area contributed by atoms with Gasteiger partial charge in [-0.25, -0.2) is 9.18 Å². The Balaban J connectivity index is 1.67. The van der Waals surface area contributed by atoms with Gasteiger partial charge in [-0.3, -0.25) is 4.79 Å². The molecule has 0 aliphatic carbocycles. The van der Waals surface area contributed by atoms with Crippen LogP contribution in [-0.4, -0.2) is 18.0 Å². The van der Waals surface area contributed by atoms with Crippen LogP contribution in [0.5, 0.6) is 0 Å². The first kappa shape index (κ1) is 17.4. The first-order chi connectivity index (χ1) is 12.0. The van der Waals surface area contributed by atoms with Gasteiger partial charge in [0.25, 0.3) is 5.91 Å². The molecule has 1 N–H and O–H groups in total. The molecule has 0 radical (unpaired) electrons. The second-order valence-electron chi connectivity index (χ2n) is 5.23. The SMILES string of the molecule is C[C@H](OC(=O)c1sc2cc(F)ccc2c1Cl)C(=O)NCc1ccco1. The Hall–Kier alpha value is -2.38. The molecule has 0 saturated carbocycles. The lowest BCUT2D eigenvalue weighted by atomic mass is 10.2. The average molecular weight is 382 g/mol. The topological polar surface area (TPSA) is 68.5 Å². The normalized spacial score (nSPS) is 12.1. The number of ether oxygens (including phenoxy) is 1. The van der Waals surface area contributed by atoms with Crippen LogP contribution in [0.3, 0.4) is 0 Å². The molecular weight excluding hydrogens is 369 g/mol. The monoisotopic (exact) mass is 381 g/mol. The van der Waals surface area contributed by atoms with Crippen molar-refractivity contribution in [2.75, 3.05) is 0 Å². The van der Waals surface area contributed by atoms with Crippen molar-refractivity contribution >= 4 is 44.9 Å². The number of furan rings is 1. The number of halogens is 2. The van der Waals surface area contributed by atoms with Crippen molar-refractivity contribution in [3.05, 3.63) is 58.1 Å². The first-order valence-electron chi connectivity index (χ1n) is 7.34. The van der Waals surface area contributed by atoms with Gasteiger partial charge in [0.1, 0.15) is 16.5 Å². The van der Waals surface area contributed by atoms with Gasteiger partial charge in [0, 0.05) is 10.1 Å². The molecular formula is C17H13ClFNO4S. The van der Waals surface area contributed by atoms with Gasteiger partial charge in [0.15, 0.2) is 6.10 Å². The van der Waals surface area contributed by atoms with E-state index in [2.05, 4.69) is 5.32 Å². The summed E-state index contributed by atoms with van der Waals surface area (Å²) in [5.74, 6) is -1.03. The Morgan fingerprint density at radius 2 is 2.20 bits per heavy atom. The molecule has 5 nitrogen and oxygen atoms in total. The van der Waals surface area contributed by atoms with Crippen molar-refractivity contribution in [1.82, 2.24) is 5.32 Å². The minimum Gasteiger partial charge on any atom is -0.467 e. The Kier molecular flexibility index (Phi) is 5.06. The van der Waals surface area contributed by atoms with E-state index >= 15 is 0 Å². The van der Waals surface area contributed by atoms with Gasteiger partial charge >= 0.3 is 5.97 Å². The number of hydrogen-bond donors (Lipinski definition) is 1. The van der Waals surface area contributed by atoms with Crippen LogP contribution in [0.15, 0.2) is 41.0 Å². The van der Waals surface area contributed by atoms with Gasteiger partial charge in [-0.1, -0.05) is 11.6 Å². The number of nitrogens with one attached hydrogen (secondary N) is 1. The van der Waals surface area contributed by atoms with Crippen LogP contribution in [0.25, 0.3) is 10.1 Å². The highest BCUT2D eigenvalue weighted by Gasteiger charge is 2.23. The summed E-state index contributed by atoms with van der Waals surface area (Å²) in [6.45, 7) is 1.65. The molecule has 3 aromatic rings. The maximum Gasteiger partial charge on any atom is 0.350 e. The number of carbonyl (C=O) groups excluding carboxylic acids is 2. The van der Waals surface area contributed by atoms with Crippen LogP contribution in [0.4, 0.5) is 4.39 Å². The van der Waals surface area contributed by atoms with Crippen molar-refractivity contribution in [2.45, 2.75) is 19.6 Å². The average Bonchev–Trinajstić information content (AvgIpc) is 3.20. The van der Waals surface area contributed by atoms with Gasteiger partial charge in [-0.15, -0.1) is 11.3 Å². The number of rotatable bonds is 5. The Morgan fingerprint density at radius 3 is 2.92 bits per heavy atom. The van der Waals surface area contributed by atoms with Crippen LogP contribution in [-0.2, 0) is 16.1 Å². The van der Waals surface area contributed by atoms with Gasteiger partial charge < -0.3 is 14.5 Å². The van der Waals surface area contributed by atoms with Crippen molar-refractivity contribution in [3.8, 4) is 0 Å². The molecule has 25 heavy (non-hydrogen) atoms. The minimum atomic E-state index is -1.01. The molecule has 8 heteroatoms. The second-order valence-corrected chi connectivity index (χ2v) is 6.66. The van der Waals surface area contributed by atoms with Crippen molar-refractivity contribution < 1.29 is 23.1 Å². The van der Waals surface area contributed by atoms with Crippen molar-refractivity contribution in [1.29, 1.82) is 0 Å². The number of benzene rings is 1. The molecule has 1 amide bonds. The lowest BCUT2D eigenvalue weighted by Gasteiger charge is -2.12. The Bertz CT molecular complexity index is 922. The lowest BCUT2D eigenvalue weighted by molar-refractivity contribution is -0.129. The van der Waals surface area contributed by atoms with E-state index in [1.54, 1.807) is 12.1 Å². The van der Waals surface area contributed by atoms with E-state index in [0.717, 1.165) is 11.3 Å². The molecule has 2 aromatic heterocycles. The van der Waals surface area contributed by atoms with E-state index in [9.17, 15) is 14.0 Å². The number of carbonyl (C=O) groups is 2. The first-order valence-corrected chi connectivity index (χ1v) is 8.54. The van der Waals surface area contributed by atoms with E-state index < -0.39 is 23.8 Å². The van der Waals surface area contributed by atoms with Crippen molar-refractivity contribution in [2.24, 2.45) is 0 Å². The minimum absolute atomic E-state index is 0.132. The van der Waals surface area contributed by atoms with E-state index in [4.69, 9.17) is 20.8 Å². The van der Waals surface area contributed by atoms with Crippen LogP contribution in [0.2, 0.25) is 5.02 Å². The fourth-order valence-electron chi connectivity index (χ4n) is 2.17. The van der Waals surface area contributed by atoms with E-state index in [1.807, 2.05) is 0 Å². The summed E-state index contributed by atoms with van der Waals surface area (Å²) < 4.78 is 24.1. The number of fused-ring (bicyclic) bond motifs is 1. The predicted octanol–water partition coefficient (Wildman–Crippen LogP) is 4.15. The van der Waals surface area contributed by atoms with Crippen LogP contribution in [0.1, 0.15) is 22.4 Å². The predicted molar refractivity (Wildman–Crippen MR) is 92.2 cm³/mol. The van der Waals surface area contributed by atoms with Crippen molar-refractivity contribution in [3.63, 3.8) is 0 Å². The summed E-state index contributed by atoms with van der Waals surface area (Å²) in [7, 11) is 0. The van der Waals surface area contributed by atoms with Crippen LogP contribution in [0, 0.1) is 5.82 Å². The summed E-state index contributed by atoms with van der Waals surface area (Å²) in [6.07, 6.45) is 0.484. The smallest absolute Gasteiger partial charge is 0.350 e. The fourth-order valence-corrected chi connectivity index (χ4v) is 3.59. The number of esters is 1. The second kappa shape index (κ2) is 7.25. The Morgan fingerprint density at radius 1 is 1.40 bits per heavy atom. The molecule has 1 atom stereocenters. The number of amides is 1. The number of hydrogen-bond acceptors (Lipinski definition) is 5. The highest BCUT2D eigenvalue weighted by Crippen LogP contribution is 2.36. The third-order valence-electron chi connectivity index (χ3n) is 3.45. The molecule has 0 bridgehead atoms. The van der Waals surface area contributed by atoms with Gasteiger partial charge in [0.2, 0.25) is 0 Å². The molecule has 0 aliphatic rings. The van der Waals surface area contributed by atoms with E-state index in [-0.39, 0.29) is 16.4 Å². The van der Waals surface area contributed by atoms with Gasteiger partial charge in [-0.05, 0) is 37.3 Å². The molecule has 0 saturated heterocycles. The zero-order chi connectivity index (χ0) is 18.0. The molecule has 0 fully saturated rings.